The van der Waals surface area contributed by atoms with Crippen molar-refractivity contribution in [2.45, 2.75) is 10.8 Å². The third kappa shape index (κ3) is 7.09. The summed E-state index contributed by atoms with van der Waals surface area (Å²) in [7, 11) is 0. The SMILES string of the molecule is c1ccc2c(c1)-c1ccccc1C21c2ccccc2-c2c(N(c3ccc4sc5cc6c7ccc(N(c8cccc9c8-c8ccccc8C98c9ccccc9-c9ccccc98)c8cccc9c8oc8ccccc89)cc7c7ccccc7c6cc5c4c3)c3cccc4c3oc3ccccc34)cccc21. The fourth-order valence-corrected chi connectivity index (χ4v) is 20.8. The van der Waals surface area contributed by atoms with E-state index in [4.69, 9.17) is 8.83 Å². The molecule has 476 valence electrons. The number of fused-ring (bicyclic) bond motifs is 35. The molecule has 0 saturated carbocycles. The summed E-state index contributed by atoms with van der Waals surface area (Å²) in [4.78, 5) is 5.00. The molecule has 3 heterocycles. The Morgan fingerprint density at radius 1 is 0.214 bits per heavy atom. The standard InChI is InChI=1S/C98H56N2O2S/c1-2-24-60-59(23-1)72-53-57(99(87-45-19-33-68-66-29-9-17-47-89(66)101-95(68)87)85-43-21-41-83-93(85)70-31-7-15-39-81(70)97(83)77-35-11-3-25-62(77)63-26-4-12-36-78(63)97)49-51-61(72)74-56-92-76(55-73(60)74)75-54-58(50-52-91(75)103-92)100(88-46-20-34-69-67-30-10-18-48-90(67)102-96(69)88)86-44-22-42-84-94(86)71-32-8-16-40-82(71)98(84)79-37-13-5-27-64(79)65-28-6-14-38-80(65)98/h1-56H. The van der Waals surface area contributed by atoms with Gasteiger partial charge in [0.1, 0.15) is 11.2 Å². The van der Waals surface area contributed by atoms with E-state index in [0.29, 0.717) is 0 Å². The van der Waals surface area contributed by atoms with Gasteiger partial charge in [-0.1, -0.05) is 261 Å². The van der Waals surface area contributed by atoms with Crippen LogP contribution in [0.3, 0.4) is 0 Å². The number of furan rings is 2. The predicted molar refractivity (Wildman–Crippen MR) is 428 cm³/mol. The highest BCUT2D eigenvalue weighted by Gasteiger charge is 2.54. The molecule has 0 fully saturated rings. The van der Waals surface area contributed by atoms with Crippen LogP contribution in [0.15, 0.2) is 349 Å². The van der Waals surface area contributed by atoms with E-state index >= 15 is 0 Å². The van der Waals surface area contributed by atoms with Crippen LogP contribution in [-0.4, -0.2) is 0 Å². The normalized spacial score (nSPS) is 13.8. The van der Waals surface area contributed by atoms with Crippen molar-refractivity contribution in [1.82, 2.24) is 0 Å². The van der Waals surface area contributed by atoms with Crippen LogP contribution in [0.1, 0.15) is 44.5 Å². The molecule has 2 spiro atoms. The lowest BCUT2D eigenvalue weighted by Gasteiger charge is -2.32. The number of para-hydroxylation sites is 4. The molecule has 0 atom stereocenters. The third-order valence-corrected chi connectivity index (χ3v) is 24.8. The van der Waals surface area contributed by atoms with Crippen LogP contribution < -0.4 is 9.80 Å². The Bertz CT molecular complexity index is 7090. The number of hydrogen-bond donors (Lipinski definition) is 0. The Kier molecular flexibility index (Phi) is 11.0. The first-order valence-electron chi connectivity index (χ1n) is 35.6. The van der Waals surface area contributed by atoms with E-state index < -0.39 is 10.8 Å². The Labute approximate surface area is 596 Å². The highest BCUT2D eigenvalue weighted by Crippen LogP contribution is 2.67. The van der Waals surface area contributed by atoms with Gasteiger partial charge in [0, 0.05) is 64.2 Å². The summed E-state index contributed by atoms with van der Waals surface area (Å²) in [6, 6.07) is 127. The zero-order chi connectivity index (χ0) is 67.0. The summed E-state index contributed by atoms with van der Waals surface area (Å²) in [5.74, 6) is 0. The molecule has 5 heteroatoms. The fraction of sp³-hybridized carbons (Fsp3) is 0.0204. The van der Waals surface area contributed by atoms with E-state index in [1.807, 2.05) is 11.3 Å². The highest BCUT2D eigenvalue weighted by molar-refractivity contribution is 7.26. The van der Waals surface area contributed by atoms with Gasteiger partial charge in [-0.3, -0.25) is 0 Å². The minimum atomic E-state index is -0.525. The Balaban J connectivity index is 0.722. The molecule has 3 aromatic heterocycles. The van der Waals surface area contributed by atoms with Gasteiger partial charge in [-0.15, -0.1) is 11.3 Å². The Hall–Kier alpha value is -13.1. The molecule has 0 saturated heterocycles. The van der Waals surface area contributed by atoms with Gasteiger partial charge in [-0.25, -0.2) is 0 Å². The van der Waals surface area contributed by atoms with Crippen molar-refractivity contribution in [1.29, 1.82) is 0 Å². The Morgan fingerprint density at radius 2 is 0.544 bits per heavy atom. The van der Waals surface area contributed by atoms with Crippen LogP contribution in [0.25, 0.3) is 141 Å². The van der Waals surface area contributed by atoms with Gasteiger partial charge >= 0.3 is 0 Å². The first kappa shape index (κ1) is 55.8. The van der Waals surface area contributed by atoms with Crippen LogP contribution in [0.5, 0.6) is 0 Å². The molecule has 4 aliphatic carbocycles. The lowest BCUT2D eigenvalue weighted by molar-refractivity contribution is 0.668. The molecule has 20 aromatic rings. The van der Waals surface area contributed by atoms with Crippen molar-refractivity contribution >= 4 is 142 Å². The van der Waals surface area contributed by atoms with E-state index in [9.17, 15) is 0 Å². The number of hydrogen-bond acceptors (Lipinski definition) is 5. The lowest BCUT2D eigenvalue weighted by atomic mass is 9.70. The van der Waals surface area contributed by atoms with Crippen molar-refractivity contribution in [3.63, 3.8) is 0 Å². The third-order valence-electron chi connectivity index (χ3n) is 23.6. The van der Waals surface area contributed by atoms with Gasteiger partial charge in [-0.05, 0) is 189 Å². The number of thiophene rings is 1. The Morgan fingerprint density at radius 3 is 1.03 bits per heavy atom. The molecule has 0 radical (unpaired) electrons. The second-order valence-corrected chi connectivity index (χ2v) is 29.4. The second kappa shape index (κ2) is 20.3. The lowest BCUT2D eigenvalue weighted by Crippen LogP contribution is -2.26. The van der Waals surface area contributed by atoms with Crippen LogP contribution in [0.4, 0.5) is 34.1 Å². The summed E-state index contributed by atoms with van der Waals surface area (Å²) in [6.45, 7) is 0. The van der Waals surface area contributed by atoms with E-state index in [0.717, 1.165) is 78.0 Å². The summed E-state index contributed by atoms with van der Waals surface area (Å²) in [5, 5.41) is 14.0. The van der Waals surface area contributed by atoms with Crippen LogP contribution in [0, 0.1) is 0 Å². The highest BCUT2D eigenvalue weighted by atomic mass is 32.1. The first-order chi connectivity index (χ1) is 51.1. The number of rotatable bonds is 6. The van der Waals surface area contributed by atoms with Crippen molar-refractivity contribution in [3.8, 4) is 44.5 Å². The molecule has 4 aliphatic rings. The van der Waals surface area contributed by atoms with Crippen LogP contribution in [-0.2, 0) is 10.8 Å². The maximum atomic E-state index is 7.08. The van der Waals surface area contributed by atoms with Crippen LogP contribution in [0.2, 0.25) is 0 Å². The van der Waals surface area contributed by atoms with Crippen molar-refractivity contribution in [2.24, 2.45) is 0 Å². The smallest absolute Gasteiger partial charge is 0.159 e. The topological polar surface area (TPSA) is 32.8 Å². The minimum absolute atomic E-state index is 0.520. The molecule has 4 nitrogen and oxygen atoms in total. The number of benzene rings is 17. The van der Waals surface area contributed by atoms with E-state index in [-0.39, 0.29) is 0 Å². The van der Waals surface area contributed by atoms with Gasteiger partial charge in [0.05, 0.1) is 33.6 Å². The van der Waals surface area contributed by atoms with E-state index in [1.165, 1.54) is 142 Å². The molecule has 0 N–H and O–H groups in total. The zero-order valence-electron chi connectivity index (χ0n) is 55.5. The van der Waals surface area contributed by atoms with Crippen molar-refractivity contribution in [3.05, 3.63) is 384 Å². The summed E-state index contributed by atoms with van der Waals surface area (Å²) in [6.07, 6.45) is 0. The first-order valence-corrected chi connectivity index (χ1v) is 36.4. The molecule has 103 heavy (non-hydrogen) atoms. The minimum Gasteiger partial charge on any atom is -0.454 e. The average Bonchev–Trinajstić information content (AvgIpc) is 1.48. The van der Waals surface area contributed by atoms with E-state index in [1.54, 1.807) is 0 Å². The molecule has 24 rings (SSSR count). The number of nitrogens with zero attached hydrogens (tertiary/aromatic N) is 2. The molecule has 0 unspecified atom stereocenters. The maximum absolute atomic E-state index is 7.08. The summed E-state index contributed by atoms with van der Waals surface area (Å²) < 4.78 is 16.6. The second-order valence-electron chi connectivity index (χ2n) is 28.3. The zero-order valence-corrected chi connectivity index (χ0v) is 56.3. The predicted octanol–water partition coefficient (Wildman–Crippen LogP) is 26.9. The van der Waals surface area contributed by atoms with E-state index in [2.05, 4.69) is 350 Å². The molecule has 0 aliphatic heterocycles. The van der Waals surface area contributed by atoms with Gasteiger partial charge in [0.15, 0.2) is 11.2 Å². The van der Waals surface area contributed by atoms with Gasteiger partial charge in [0.25, 0.3) is 0 Å². The molecule has 0 bridgehead atoms. The van der Waals surface area contributed by atoms with Gasteiger partial charge in [0.2, 0.25) is 0 Å². The number of anilines is 6. The van der Waals surface area contributed by atoms with Crippen LogP contribution >= 0.6 is 11.3 Å². The quantitative estimate of drug-likeness (QED) is 0.155. The monoisotopic (exact) mass is 1320 g/mol. The average molecular weight is 1330 g/mol. The van der Waals surface area contributed by atoms with Gasteiger partial charge in [-0.2, -0.15) is 0 Å². The maximum Gasteiger partial charge on any atom is 0.159 e. The molecular formula is C98H56N2O2S. The summed E-state index contributed by atoms with van der Waals surface area (Å²) in [5.41, 5.74) is 29.2. The molecule has 0 amide bonds. The van der Waals surface area contributed by atoms with Crippen molar-refractivity contribution < 1.29 is 8.83 Å². The largest absolute Gasteiger partial charge is 0.454 e. The molecular weight excluding hydrogens is 1270 g/mol. The van der Waals surface area contributed by atoms with Gasteiger partial charge < -0.3 is 18.6 Å². The fourth-order valence-electron chi connectivity index (χ4n) is 19.7. The summed E-state index contributed by atoms with van der Waals surface area (Å²) >= 11 is 1.87. The van der Waals surface area contributed by atoms with Crippen molar-refractivity contribution in [2.75, 3.05) is 9.80 Å². The molecule has 17 aromatic carbocycles.